The summed E-state index contributed by atoms with van der Waals surface area (Å²) in [6.07, 6.45) is -0.990. The summed E-state index contributed by atoms with van der Waals surface area (Å²) in [5, 5.41) is 11.4. The summed E-state index contributed by atoms with van der Waals surface area (Å²) in [6.45, 7) is 3.30. The normalized spacial score (nSPS) is 11.9. The number of hydrogen-bond donors (Lipinski definition) is 1. The molecule has 26 heavy (non-hydrogen) atoms. The van der Waals surface area contributed by atoms with Gasteiger partial charge in [0.25, 0.3) is 5.69 Å². The maximum atomic E-state index is 12.8. The molecule has 0 saturated carbocycles. The number of hydrogen-bond acceptors (Lipinski definition) is 5. The number of carbonyl (C=O) groups is 2. The summed E-state index contributed by atoms with van der Waals surface area (Å²) in [5.74, 6) is -1.02. The van der Waals surface area contributed by atoms with Gasteiger partial charge in [-0.1, -0.05) is 18.2 Å². The van der Waals surface area contributed by atoms with E-state index in [0.717, 1.165) is 10.9 Å². The highest BCUT2D eigenvalue weighted by atomic mass is 16.6. The van der Waals surface area contributed by atoms with E-state index < -0.39 is 17.0 Å². The van der Waals surface area contributed by atoms with Crippen LogP contribution in [0.1, 0.15) is 33.3 Å². The average Bonchev–Trinajstić information content (AvgIpc) is 2.96. The van der Waals surface area contributed by atoms with Crippen molar-refractivity contribution in [2.45, 2.75) is 20.0 Å². The molecule has 1 atom stereocenters. The Balaban J connectivity index is 1.79. The minimum absolute atomic E-state index is 0.125. The fourth-order valence-electron chi connectivity index (χ4n) is 2.80. The number of aryl methyl sites for hydroxylation is 1. The molecule has 0 spiro atoms. The lowest BCUT2D eigenvalue weighted by Gasteiger charge is -2.12. The van der Waals surface area contributed by atoms with Crippen LogP contribution in [0.2, 0.25) is 0 Å². The van der Waals surface area contributed by atoms with Crippen molar-refractivity contribution < 1.29 is 19.2 Å². The van der Waals surface area contributed by atoms with Crippen molar-refractivity contribution in [3.8, 4) is 0 Å². The Bertz CT molecular complexity index is 1000. The number of aromatic amines is 1. The quantitative estimate of drug-likeness (QED) is 0.325. The van der Waals surface area contributed by atoms with E-state index in [0.29, 0.717) is 11.3 Å². The van der Waals surface area contributed by atoms with E-state index in [4.69, 9.17) is 4.74 Å². The number of nitrogens with one attached hydrogen (secondary N) is 1. The summed E-state index contributed by atoms with van der Waals surface area (Å²) in [5.41, 5.74) is 2.05. The number of fused-ring (bicyclic) bond motifs is 1. The lowest BCUT2D eigenvalue weighted by molar-refractivity contribution is -0.384. The van der Waals surface area contributed by atoms with Crippen molar-refractivity contribution in [1.82, 2.24) is 4.98 Å². The van der Waals surface area contributed by atoms with Crippen LogP contribution in [0, 0.1) is 17.0 Å². The Morgan fingerprint density at radius 3 is 2.42 bits per heavy atom. The Kier molecular flexibility index (Phi) is 4.53. The third-order valence-electron chi connectivity index (χ3n) is 4.11. The first-order chi connectivity index (χ1) is 12.4. The van der Waals surface area contributed by atoms with Crippen molar-refractivity contribution >= 4 is 28.3 Å². The summed E-state index contributed by atoms with van der Waals surface area (Å²) in [6, 6.07) is 12.4. The topological polar surface area (TPSA) is 102 Å². The van der Waals surface area contributed by atoms with Gasteiger partial charge in [0.1, 0.15) is 0 Å². The van der Waals surface area contributed by atoms with E-state index >= 15 is 0 Å². The van der Waals surface area contributed by atoms with E-state index in [2.05, 4.69) is 4.98 Å². The molecule has 7 nitrogen and oxygen atoms in total. The number of esters is 1. The molecule has 2 aromatic carbocycles. The number of H-pyrrole nitrogens is 1. The van der Waals surface area contributed by atoms with Gasteiger partial charge in [0.2, 0.25) is 5.78 Å². The van der Waals surface area contributed by atoms with E-state index in [1.54, 1.807) is 6.92 Å². The van der Waals surface area contributed by atoms with Crippen LogP contribution in [0.4, 0.5) is 5.69 Å². The number of nitro benzene ring substituents is 1. The molecule has 0 aliphatic carbocycles. The van der Waals surface area contributed by atoms with Gasteiger partial charge in [-0.2, -0.15) is 0 Å². The number of benzene rings is 2. The van der Waals surface area contributed by atoms with Crippen molar-refractivity contribution in [2.75, 3.05) is 0 Å². The molecular formula is C19H16N2O5. The molecule has 0 radical (unpaired) electrons. The lowest BCUT2D eigenvalue weighted by Crippen LogP contribution is -2.24. The standard InChI is InChI=1S/C19H16N2O5/c1-11-17(15-5-3-4-6-16(15)20-11)18(22)12(2)26-19(23)13-7-9-14(10-8-13)21(24)25/h3-10,12,20H,1-2H3. The molecule has 3 rings (SSSR count). The van der Waals surface area contributed by atoms with Gasteiger partial charge >= 0.3 is 5.97 Å². The van der Waals surface area contributed by atoms with Crippen LogP contribution in [0.5, 0.6) is 0 Å². The molecule has 1 N–H and O–H groups in total. The average molecular weight is 352 g/mol. The van der Waals surface area contributed by atoms with Gasteiger partial charge < -0.3 is 9.72 Å². The minimum atomic E-state index is -0.990. The second-order valence-electron chi connectivity index (χ2n) is 5.89. The Hall–Kier alpha value is -3.48. The van der Waals surface area contributed by atoms with Gasteiger partial charge in [0.05, 0.1) is 10.5 Å². The Morgan fingerprint density at radius 2 is 1.77 bits per heavy atom. The first-order valence-corrected chi connectivity index (χ1v) is 7.95. The van der Waals surface area contributed by atoms with Gasteiger partial charge in [-0.3, -0.25) is 14.9 Å². The zero-order valence-corrected chi connectivity index (χ0v) is 14.2. The molecule has 7 heteroatoms. The zero-order chi connectivity index (χ0) is 18.8. The third-order valence-corrected chi connectivity index (χ3v) is 4.11. The largest absolute Gasteiger partial charge is 0.451 e. The highest BCUT2D eigenvalue weighted by Gasteiger charge is 2.25. The monoisotopic (exact) mass is 352 g/mol. The number of carbonyl (C=O) groups excluding carboxylic acids is 2. The maximum absolute atomic E-state index is 12.8. The third kappa shape index (κ3) is 3.19. The van der Waals surface area contributed by atoms with E-state index in [1.807, 2.05) is 24.3 Å². The predicted molar refractivity (Wildman–Crippen MR) is 95.3 cm³/mol. The highest BCUT2D eigenvalue weighted by molar-refractivity contribution is 6.11. The molecule has 0 bridgehead atoms. The van der Waals surface area contributed by atoms with Gasteiger partial charge in [0.15, 0.2) is 6.10 Å². The zero-order valence-electron chi connectivity index (χ0n) is 14.2. The second-order valence-corrected chi connectivity index (χ2v) is 5.89. The number of non-ortho nitro benzene ring substituents is 1. The van der Waals surface area contributed by atoms with Gasteiger partial charge in [-0.15, -0.1) is 0 Å². The van der Waals surface area contributed by atoms with Crippen LogP contribution in [0.3, 0.4) is 0 Å². The van der Waals surface area contributed by atoms with Gasteiger partial charge in [0, 0.05) is 34.3 Å². The van der Waals surface area contributed by atoms with Crippen LogP contribution in [0.15, 0.2) is 48.5 Å². The predicted octanol–water partition coefficient (Wildman–Crippen LogP) is 3.81. The van der Waals surface area contributed by atoms with Crippen LogP contribution in [-0.2, 0) is 4.74 Å². The molecule has 1 heterocycles. The Labute approximate surface area is 148 Å². The SMILES string of the molecule is Cc1[nH]c2ccccc2c1C(=O)C(C)OC(=O)c1ccc([N+](=O)[O-])cc1. The lowest BCUT2D eigenvalue weighted by atomic mass is 10.0. The highest BCUT2D eigenvalue weighted by Crippen LogP contribution is 2.24. The number of ether oxygens (including phenoxy) is 1. The maximum Gasteiger partial charge on any atom is 0.338 e. The van der Waals surface area contributed by atoms with Crippen LogP contribution < -0.4 is 0 Å². The molecular weight excluding hydrogens is 336 g/mol. The number of Topliss-reactive ketones (excluding diaryl/α,β-unsaturated/α-hetero) is 1. The molecule has 0 fully saturated rings. The number of nitrogens with zero attached hydrogens (tertiary/aromatic N) is 1. The van der Waals surface area contributed by atoms with Gasteiger partial charge in [-0.25, -0.2) is 4.79 Å². The fourth-order valence-corrected chi connectivity index (χ4v) is 2.80. The van der Waals surface area contributed by atoms with E-state index in [-0.39, 0.29) is 17.0 Å². The van der Waals surface area contributed by atoms with Crippen molar-refractivity contribution in [1.29, 1.82) is 0 Å². The van der Waals surface area contributed by atoms with Crippen molar-refractivity contribution in [3.63, 3.8) is 0 Å². The molecule has 132 valence electrons. The number of rotatable bonds is 5. The number of aromatic nitrogens is 1. The first-order valence-electron chi connectivity index (χ1n) is 7.95. The number of para-hydroxylation sites is 1. The van der Waals surface area contributed by atoms with Crippen molar-refractivity contribution in [3.05, 3.63) is 75.5 Å². The van der Waals surface area contributed by atoms with E-state index in [1.165, 1.54) is 31.2 Å². The molecule has 1 aromatic heterocycles. The summed E-state index contributed by atoms with van der Waals surface area (Å²) in [7, 11) is 0. The molecule has 1 unspecified atom stereocenters. The second kappa shape index (κ2) is 6.79. The van der Waals surface area contributed by atoms with Crippen LogP contribution in [-0.4, -0.2) is 27.8 Å². The molecule has 3 aromatic rings. The molecule has 0 aliphatic rings. The van der Waals surface area contributed by atoms with Crippen molar-refractivity contribution in [2.24, 2.45) is 0 Å². The van der Waals surface area contributed by atoms with E-state index in [9.17, 15) is 19.7 Å². The number of ketones is 1. The minimum Gasteiger partial charge on any atom is -0.451 e. The fraction of sp³-hybridized carbons (Fsp3) is 0.158. The van der Waals surface area contributed by atoms with Crippen LogP contribution in [0.25, 0.3) is 10.9 Å². The molecule has 0 saturated heterocycles. The molecule has 0 aliphatic heterocycles. The summed E-state index contributed by atoms with van der Waals surface area (Å²) < 4.78 is 5.25. The summed E-state index contributed by atoms with van der Waals surface area (Å²) >= 11 is 0. The van der Waals surface area contributed by atoms with Gasteiger partial charge in [-0.05, 0) is 32.0 Å². The Morgan fingerprint density at radius 1 is 1.12 bits per heavy atom. The molecule has 0 amide bonds. The number of nitro groups is 1. The van der Waals surface area contributed by atoms with Crippen LogP contribution >= 0.6 is 0 Å². The smallest absolute Gasteiger partial charge is 0.338 e. The summed E-state index contributed by atoms with van der Waals surface area (Å²) in [4.78, 5) is 38.2. The first kappa shape index (κ1) is 17.3.